The van der Waals surface area contributed by atoms with Crippen LogP contribution < -0.4 is 0 Å². The first kappa shape index (κ1) is 18.7. The van der Waals surface area contributed by atoms with E-state index in [0.29, 0.717) is 19.6 Å². The van der Waals surface area contributed by atoms with E-state index in [1.165, 1.54) is 3.57 Å². The summed E-state index contributed by atoms with van der Waals surface area (Å²) < 4.78 is 3.00. The van der Waals surface area contributed by atoms with E-state index >= 15 is 0 Å². The molecule has 0 spiro atoms. The minimum Gasteiger partial charge on any atom is -0.286 e. The minimum atomic E-state index is 0.664. The van der Waals surface area contributed by atoms with Gasteiger partial charge in [-0.2, -0.15) is 0 Å². The summed E-state index contributed by atoms with van der Waals surface area (Å²) in [6.07, 6.45) is 5.62. The summed E-state index contributed by atoms with van der Waals surface area (Å²) in [4.78, 5) is 11.2. The van der Waals surface area contributed by atoms with Crippen molar-refractivity contribution >= 4 is 22.6 Å². The molecule has 0 radical (unpaired) electrons. The van der Waals surface area contributed by atoms with Crippen LogP contribution in [0, 0.1) is 3.57 Å². The fourth-order valence-electron chi connectivity index (χ4n) is 2.93. The van der Waals surface area contributed by atoms with Gasteiger partial charge in [0.15, 0.2) is 0 Å². The number of aromatic nitrogens is 5. The molecule has 0 N–H and O–H groups in total. The van der Waals surface area contributed by atoms with Crippen molar-refractivity contribution in [2.75, 3.05) is 0 Å². The number of hydrogen-bond acceptors (Lipinski definition) is 5. The molecular weight excluding hydrogens is 463 g/mol. The summed E-state index contributed by atoms with van der Waals surface area (Å²) >= 11 is 2.29. The second-order valence-electron chi connectivity index (χ2n) is 6.42. The molecule has 0 aliphatic carbocycles. The third kappa shape index (κ3) is 4.99. The number of benzene rings is 1. The van der Waals surface area contributed by atoms with Gasteiger partial charge in [0.1, 0.15) is 0 Å². The molecule has 0 aliphatic heterocycles. The zero-order valence-electron chi connectivity index (χ0n) is 15.2. The minimum absolute atomic E-state index is 0.664. The molecule has 0 aliphatic rings. The summed E-state index contributed by atoms with van der Waals surface area (Å²) in [7, 11) is 0. The Balaban J connectivity index is 1.52. The van der Waals surface area contributed by atoms with E-state index in [9.17, 15) is 0 Å². The summed E-state index contributed by atoms with van der Waals surface area (Å²) in [6.45, 7) is 2.10. The van der Waals surface area contributed by atoms with Gasteiger partial charge in [0.2, 0.25) is 0 Å². The predicted octanol–water partition coefficient (Wildman–Crippen LogP) is 3.86. The monoisotopic (exact) mass is 482 g/mol. The van der Waals surface area contributed by atoms with E-state index in [1.54, 1.807) is 0 Å². The predicted molar refractivity (Wildman–Crippen MR) is 116 cm³/mol. The Morgan fingerprint density at radius 2 is 1.36 bits per heavy atom. The maximum absolute atomic E-state index is 4.46. The van der Waals surface area contributed by atoms with Crippen molar-refractivity contribution in [1.29, 1.82) is 0 Å². The van der Waals surface area contributed by atoms with Gasteiger partial charge in [-0.05, 0) is 71.1 Å². The number of hydrogen-bond donors (Lipinski definition) is 0. The number of nitrogens with zero attached hydrogens (tertiary/aromatic N) is 6. The lowest BCUT2D eigenvalue weighted by Crippen LogP contribution is -2.23. The molecule has 0 saturated heterocycles. The first-order chi connectivity index (χ1) is 13.8. The molecular formula is C21H19IN6. The number of rotatable bonds is 7. The van der Waals surface area contributed by atoms with E-state index in [-0.39, 0.29) is 0 Å². The van der Waals surface area contributed by atoms with Gasteiger partial charge >= 0.3 is 0 Å². The van der Waals surface area contributed by atoms with Gasteiger partial charge in [-0.25, -0.2) is 4.68 Å². The Bertz CT molecular complexity index is 961. The average molecular weight is 482 g/mol. The topological polar surface area (TPSA) is 59.7 Å². The van der Waals surface area contributed by atoms with Gasteiger partial charge in [-0.1, -0.05) is 17.3 Å². The highest BCUT2D eigenvalue weighted by atomic mass is 127. The van der Waals surface area contributed by atoms with E-state index < -0.39 is 0 Å². The second kappa shape index (κ2) is 9.03. The van der Waals surface area contributed by atoms with E-state index in [4.69, 9.17) is 0 Å². The molecule has 6 nitrogen and oxygen atoms in total. The zero-order valence-corrected chi connectivity index (χ0v) is 17.3. The van der Waals surface area contributed by atoms with Crippen molar-refractivity contribution in [1.82, 2.24) is 29.9 Å². The molecule has 140 valence electrons. The average Bonchev–Trinajstić information content (AvgIpc) is 3.18. The van der Waals surface area contributed by atoms with Crippen LogP contribution in [0.1, 0.15) is 17.1 Å². The molecule has 3 aromatic heterocycles. The Hall–Kier alpha value is -2.65. The SMILES string of the molecule is Ic1ccc(-n2cc(CN(Cc3ccccn3)Cc3ccccn3)nn2)cc1. The zero-order chi connectivity index (χ0) is 19.2. The molecule has 28 heavy (non-hydrogen) atoms. The Labute approximate surface area is 177 Å². The molecule has 3 heterocycles. The third-order valence-electron chi connectivity index (χ3n) is 4.24. The fraction of sp³-hybridized carbons (Fsp3) is 0.143. The fourth-order valence-corrected chi connectivity index (χ4v) is 3.29. The highest BCUT2D eigenvalue weighted by Gasteiger charge is 2.12. The van der Waals surface area contributed by atoms with Crippen LogP contribution in [0.3, 0.4) is 0 Å². The number of halogens is 1. The van der Waals surface area contributed by atoms with Crippen LogP contribution in [0.5, 0.6) is 0 Å². The van der Waals surface area contributed by atoms with Crippen molar-refractivity contribution in [2.45, 2.75) is 19.6 Å². The van der Waals surface area contributed by atoms with E-state index in [0.717, 1.165) is 22.8 Å². The van der Waals surface area contributed by atoms with Gasteiger partial charge in [-0.15, -0.1) is 5.10 Å². The first-order valence-electron chi connectivity index (χ1n) is 8.95. The van der Waals surface area contributed by atoms with Crippen molar-refractivity contribution in [2.24, 2.45) is 0 Å². The van der Waals surface area contributed by atoms with Gasteiger partial charge in [0.05, 0.1) is 29.0 Å². The van der Waals surface area contributed by atoms with Crippen molar-refractivity contribution in [3.05, 3.63) is 99.9 Å². The van der Waals surface area contributed by atoms with Gasteiger partial charge in [0, 0.05) is 35.6 Å². The molecule has 0 bridgehead atoms. The highest BCUT2D eigenvalue weighted by Crippen LogP contribution is 2.14. The lowest BCUT2D eigenvalue weighted by molar-refractivity contribution is 0.238. The van der Waals surface area contributed by atoms with E-state index in [2.05, 4.69) is 59.9 Å². The smallest absolute Gasteiger partial charge is 0.0972 e. The molecule has 0 unspecified atom stereocenters. The molecule has 0 fully saturated rings. The largest absolute Gasteiger partial charge is 0.286 e. The first-order valence-corrected chi connectivity index (χ1v) is 10.0. The van der Waals surface area contributed by atoms with Crippen LogP contribution in [-0.2, 0) is 19.6 Å². The quantitative estimate of drug-likeness (QED) is 0.375. The maximum atomic E-state index is 4.46. The van der Waals surface area contributed by atoms with Gasteiger partial charge in [-0.3, -0.25) is 14.9 Å². The lowest BCUT2D eigenvalue weighted by atomic mass is 10.2. The highest BCUT2D eigenvalue weighted by molar-refractivity contribution is 14.1. The summed E-state index contributed by atoms with van der Waals surface area (Å²) in [5, 5.41) is 8.66. The van der Waals surface area contributed by atoms with Crippen LogP contribution in [0.15, 0.2) is 79.3 Å². The summed E-state index contributed by atoms with van der Waals surface area (Å²) in [5.41, 5.74) is 3.94. The Kier molecular flexibility index (Phi) is 6.03. The summed E-state index contributed by atoms with van der Waals surface area (Å²) in [6, 6.07) is 20.2. The van der Waals surface area contributed by atoms with Crippen LogP contribution in [0.2, 0.25) is 0 Å². The molecule has 1 aromatic carbocycles. The molecule has 4 rings (SSSR count). The normalized spacial score (nSPS) is 11.1. The van der Waals surface area contributed by atoms with Crippen molar-refractivity contribution < 1.29 is 0 Å². The molecule has 4 aromatic rings. The van der Waals surface area contributed by atoms with Crippen LogP contribution in [-0.4, -0.2) is 29.9 Å². The Morgan fingerprint density at radius 3 is 1.93 bits per heavy atom. The van der Waals surface area contributed by atoms with Crippen molar-refractivity contribution in [3.8, 4) is 5.69 Å². The Morgan fingerprint density at radius 1 is 0.750 bits per heavy atom. The van der Waals surface area contributed by atoms with Crippen LogP contribution in [0.25, 0.3) is 5.69 Å². The van der Waals surface area contributed by atoms with Crippen molar-refractivity contribution in [3.63, 3.8) is 0 Å². The number of pyridine rings is 2. The summed E-state index contributed by atoms with van der Waals surface area (Å²) in [5.74, 6) is 0. The standard InChI is InChI=1S/C21H19IN6/c22-17-7-9-21(10-8-17)28-16-20(25-26-28)15-27(13-18-5-1-3-11-23-18)14-19-6-2-4-12-24-19/h1-12,16H,13-15H2. The lowest BCUT2D eigenvalue weighted by Gasteiger charge is -2.20. The third-order valence-corrected chi connectivity index (χ3v) is 4.96. The molecule has 0 amide bonds. The molecule has 0 saturated carbocycles. The van der Waals surface area contributed by atoms with Crippen LogP contribution >= 0.6 is 22.6 Å². The van der Waals surface area contributed by atoms with Crippen LogP contribution in [0.4, 0.5) is 0 Å². The van der Waals surface area contributed by atoms with Gasteiger partial charge < -0.3 is 0 Å². The second-order valence-corrected chi connectivity index (χ2v) is 7.66. The molecule has 7 heteroatoms. The maximum Gasteiger partial charge on any atom is 0.0972 e. The molecule has 0 atom stereocenters. The van der Waals surface area contributed by atoms with Gasteiger partial charge in [0.25, 0.3) is 0 Å². The van der Waals surface area contributed by atoms with E-state index in [1.807, 2.05) is 71.8 Å².